The summed E-state index contributed by atoms with van der Waals surface area (Å²) in [4.78, 5) is 25.0. The van der Waals surface area contributed by atoms with Crippen molar-refractivity contribution < 1.29 is 14.7 Å². The predicted octanol–water partition coefficient (Wildman–Crippen LogP) is 0.410. The number of amides is 1. The van der Waals surface area contributed by atoms with Crippen LogP contribution in [0.5, 0.6) is 0 Å². The van der Waals surface area contributed by atoms with E-state index in [4.69, 9.17) is 5.11 Å². The van der Waals surface area contributed by atoms with Crippen LogP contribution in [-0.4, -0.2) is 61.2 Å². The fourth-order valence-electron chi connectivity index (χ4n) is 2.31. The number of nitrogens with zero attached hydrogens (tertiary/aromatic N) is 1. The second-order valence-electron chi connectivity index (χ2n) is 5.08. The molecule has 1 aliphatic rings. The molecule has 1 aromatic carbocycles. The molecule has 0 aliphatic carbocycles. The van der Waals surface area contributed by atoms with Gasteiger partial charge in [0.1, 0.15) is 0 Å². The molecule has 114 valence electrons. The van der Waals surface area contributed by atoms with Crippen LogP contribution < -0.4 is 10.6 Å². The van der Waals surface area contributed by atoms with Crippen molar-refractivity contribution in [1.82, 2.24) is 15.5 Å². The number of carbonyl (C=O) groups excluding carboxylic acids is 1. The SMILES string of the molecule is O=C(O)c1ccc(C(=O)NCCCN2CCNCC2)cc1. The van der Waals surface area contributed by atoms with Crippen molar-refractivity contribution in [2.75, 3.05) is 39.3 Å². The van der Waals surface area contributed by atoms with Gasteiger partial charge in [-0.1, -0.05) is 0 Å². The minimum absolute atomic E-state index is 0.160. The average molecular weight is 291 g/mol. The number of nitrogens with one attached hydrogen (secondary N) is 2. The van der Waals surface area contributed by atoms with E-state index in [0.717, 1.165) is 39.1 Å². The van der Waals surface area contributed by atoms with Gasteiger partial charge in [0.25, 0.3) is 5.91 Å². The van der Waals surface area contributed by atoms with Gasteiger partial charge in [-0.25, -0.2) is 4.79 Å². The van der Waals surface area contributed by atoms with Gasteiger partial charge in [-0.15, -0.1) is 0 Å². The van der Waals surface area contributed by atoms with Crippen molar-refractivity contribution in [2.45, 2.75) is 6.42 Å². The van der Waals surface area contributed by atoms with Crippen LogP contribution in [0.15, 0.2) is 24.3 Å². The van der Waals surface area contributed by atoms with E-state index in [1.807, 2.05) is 0 Å². The summed E-state index contributed by atoms with van der Waals surface area (Å²) < 4.78 is 0. The molecular formula is C15H21N3O3. The van der Waals surface area contributed by atoms with Gasteiger partial charge < -0.3 is 20.6 Å². The number of piperazine rings is 1. The van der Waals surface area contributed by atoms with Crippen LogP contribution >= 0.6 is 0 Å². The van der Waals surface area contributed by atoms with Crippen molar-refractivity contribution in [2.24, 2.45) is 0 Å². The van der Waals surface area contributed by atoms with Crippen LogP contribution in [0.1, 0.15) is 27.1 Å². The van der Waals surface area contributed by atoms with E-state index < -0.39 is 5.97 Å². The number of carbonyl (C=O) groups is 2. The molecule has 6 nitrogen and oxygen atoms in total. The second kappa shape index (κ2) is 7.75. The van der Waals surface area contributed by atoms with Crippen LogP contribution in [-0.2, 0) is 0 Å². The molecule has 6 heteroatoms. The third kappa shape index (κ3) is 4.84. The van der Waals surface area contributed by atoms with Crippen molar-refractivity contribution in [3.63, 3.8) is 0 Å². The Labute approximate surface area is 124 Å². The lowest BCUT2D eigenvalue weighted by molar-refractivity contribution is 0.0696. The Morgan fingerprint density at radius 2 is 1.76 bits per heavy atom. The first kappa shape index (κ1) is 15.5. The summed E-state index contributed by atoms with van der Waals surface area (Å²) in [6.45, 7) is 5.79. The van der Waals surface area contributed by atoms with Gasteiger partial charge in [-0.2, -0.15) is 0 Å². The Bertz CT molecular complexity index is 481. The van der Waals surface area contributed by atoms with E-state index in [1.54, 1.807) is 0 Å². The summed E-state index contributed by atoms with van der Waals surface area (Å²) in [7, 11) is 0. The van der Waals surface area contributed by atoms with Crippen molar-refractivity contribution in [3.05, 3.63) is 35.4 Å². The maximum Gasteiger partial charge on any atom is 0.335 e. The molecule has 2 rings (SSSR count). The number of carboxylic acids is 1. The molecule has 1 amide bonds. The zero-order valence-corrected chi connectivity index (χ0v) is 12.0. The first-order valence-corrected chi connectivity index (χ1v) is 7.21. The summed E-state index contributed by atoms with van der Waals surface area (Å²) in [6, 6.07) is 5.96. The predicted molar refractivity (Wildman–Crippen MR) is 79.7 cm³/mol. The van der Waals surface area contributed by atoms with Gasteiger partial charge >= 0.3 is 5.97 Å². The van der Waals surface area contributed by atoms with Gasteiger partial charge in [-0.05, 0) is 37.2 Å². The summed E-state index contributed by atoms with van der Waals surface area (Å²) in [5, 5.41) is 15.0. The largest absolute Gasteiger partial charge is 0.478 e. The zero-order chi connectivity index (χ0) is 15.1. The molecule has 21 heavy (non-hydrogen) atoms. The maximum atomic E-state index is 11.9. The molecule has 3 N–H and O–H groups in total. The highest BCUT2D eigenvalue weighted by Gasteiger charge is 2.10. The van der Waals surface area contributed by atoms with E-state index in [2.05, 4.69) is 15.5 Å². The van der Waals surface area contributed by atoms with Crippen LogP contribution in [0, 0.1) is 0 Å². The molecule has 0 saturated carbocycles. The first-order chi connectivity index (χ1) is 10.2. The highest BCUT2D eigenvalue weighted by atomic mass is 16.4. The monoisotopic (exact) mass is 291 g/mol. The fourth-order valence-corrected chi connectivity index (χ4v) is 2.31. The number of benzene rings is 1. The average Bonchev–Trinajstić information content (AvgIpc) is 2.52. The fraction of sp³-hybridized carbons (Fsp3) is 0.467. The molecule has 1 fully saturated rings. The zero-order valence-electron chi connectivity index (χ0n) is 12.0. The number of hydrogen-bond acceptors (Lipinski definition) is 4. The van der Waals surface area contributed by atoms with Gasteiger partial charge in [0.2, 0.25) is 0 Å². The molecule has 1 aromatic rings. The van der Waals surface area contributed by atoms with E-state index in [1.165, 1.54) is 24.3 Å². The molecule has 1 saturated heterocycles. The molecule has 0 atom stereocenters. The van der Waals surface area contributed by atoms with Gasteiger partial charge in [0.15, 0.2) is 0 Å². The highest BCUT2D eigenvalue weighted by molar-refractivity contribution is 5.95. The minimum atomic E-state index is -0.988. The smallest absolute Gasteiger partial charge is 0.335 e. The molecular weight excluding hydrogens is 270 g/mol. The third-order valence-electron chi connectivity index (χ3n) is 3.54. The lowest BCUT2D eigenvalue weighted by Gasteiger charge is -2.27. The Kier molecular flexibility index (Phi) is 5.71. The molecule has 0 aromatic heterocycles. The Morgan fingerprint density at radius 1 is 1.14 bits per heavy atom. The summed E-state index contributed by atoms with van der Waals surface area (Å²) in [6.07, 6.45) is 0.916. The number of rotatable bonds is 6. The molecule has 1 heterocycles. The summed E-state index contributed by atoms with van der Waals surface area (Å²) >= 11 is 0. The number of aromatic carboxylic acids is 1. The molecule has 1 aliphatic heterocycles. The number of carboxylic acid groups (broad SMARTS) is 1. The van der Waals surface area contributed by atoms with Crippen molar-refractivity contribution in [3.8, 4) is 0 Å². The standard InChI is InChI=1S/C15H21N3O3/c19-14(12-2-4-13(5-3-12)15(20)21)17-6-1-9-18-10-7-16-8-11-18/h2-5,16H,1,6-11H2,(H,17,19)(H,20,21). The quantitative estimate of drug-likeness (QED) is 0.661. The first-order valence-electron chi connectivity index (χ1n) is 7.21. The van der Waals surface area contributed by atoms with E-state index in [9.17, 15) is 9.59 Å². The lowest BCUT2D eigenvalue weighted by atomic mass is 10.1. The Morgan fingerprint density at radius 3 is 2.38 bits per heavy atom. The maximum absolute atomic E-state index is 11.9. The summed E-state index contributed by atoms with van der Waals surface area (Å²) in [5.41, 5.74) is 0.674. The topological polar surface area (TPSA) is 81.7 Å². The van der Waals surface area contributed by atoms with E-state index in [0.29, 0.717) is 12.1 Å². The van der Waals surface area contributed by atoms with Gasteiger partial charge in [-0.3, -0.25) is 4.79 Å². The lowest BCUT2D eigenvalue weighted by Crippen LogP contribution is -2.44. The normalized spacial score (nSPS) is 15.6. The third-order valence-corrected chi connectivity index (χ3v) is 3.54. The molecule has 0 spiro atoms. The van der Waals surface area contributed by atoms with E-state index >= 15 is 0 Å². The van der Waals surface area contributed by atoms with E-state index in [-0.39, 0.29) is 11.5 Å². The van der Waals surface area contributed by atoms with Gasteiger partial charge in [0, 0.05) is 38.3 Å². The van der Waals surface area contributed by atoms with Crippen LogP contribution in [0.2, 0.25) is 0 Å². The van der Waals surface area contributed by atoms with Crippen molar-refractivity contribution >= 4 is 11.9 Å². The van der Waals surface area contributed by atoms with Crippen LogP contribution in [0.3, 0.4) is 0 Å². The summed E-state index contributed by atoms with van der Waals surface area (Å²) in [5.74, 6) is -1.15. The highest BCUT2D eigenvalue weighted by Crippen LogP contribution is 2.04. The van der Waals surface area contributed by atoms with Crippen LogP contribution in [0.4, 0.5) is 0 Å². The Balaban J connectivity index is 1.70. The number of hydrogen-bond donors (Lipinski definition) is 3. The molecule has 0 bridgehead atoms. The minimum Gasteiger partial charge on any atom is -0.478 e. The molecule has 0 radical (unpaired) electrons. The Hall–Kier alpha value is -1.92. The molecule has 0 unspecified atom stereocenters. The van der Waals surface area contributed by atoms with Crippen molar-refractivity contribution in [1.29, 1.82) is 0 Å². The van der Waals surface area contributed by atoms with Gasteiger partial charge in [0.05, 0.1) is 5.56 Å². The second-order valence-corrected chi connectivity index (χ2v) is 5.08. The van der Waals surface area contributed by atoms with Crippen LogP contribution in [0.25, 0.3) is 0 Å².